The number of nitrogens with one attached hydrogen (secondary N) is 3. The number of thiazole rings is 1. The van der Waals surface area contributed by atoms with Gasteiger partial charge in [-0.3, -0.25) is 4.21 Å². The van der Waals surface area contributed by atoms with Crippen LogP contribution in [0.1, 0.15) is 5.69 Å². The van der Waals surface area contributed by atoms with Crippen molar-refractivity contribution in [2.75, 3.05) is 23.9 Å². The van der Waals surface area contributed by atoms with Gasteiger partial charge in [0.1, 0.15) is 5.82 Å². The molecule has 0 aliphatic rings. The van der Waals surface area contributed by atoms with E-state index in [9.17, 15) is 13.4 Å². The number of benzene rings is 1. The number of rotatable bonds is 5. The van der Waals surface area contributed by atoms with Crippen LogP contribution in [0.5, 0.6) is 0 Å². The largest absolute Gasteiger partial charge is 0.365 e. The third kappa shape index (κ3) is 4.25. The molecule has 9 heteroatoms. The highest BCUT2D eigenvalue weighted by atomic mass is 32.2. The van der Waals surface area contributed by atoms with E-state index in [1.165, 1.54) is 29.7 Å². The number of anilines is 2. The molecule has 1 unspecified atom stereocenters. The van der Waals surface area contributed by atoms with E-state index in [1.807, 2.05) is 5.38 Å². The molecule has 0 saturated carbocycles. The van der Waals surface area contributed by atoms with E-state index < -0.39 is 22.6 Å². The molecular formula is C13H15FN4O2S2. The highest BCUT2D eigenvalue weighted by Crippen LogP contribution is 2.17. The molecule has 0 aliphatic carbocycles. The highest BCUT2D eigenvalue weighted by molar-refractivity contribution is 7.84. The quantitative estimate of drug-likeness (QED) is 0.779. The first kappa shape index (κ1) is 16.4. The zero-order valence-corrected chi connectivity index (χ0v) is 13.6. The molecule has 3 N–H and O–H groups in total. The van der Waals surface area contributed by atoms with Crippen molar-refractivity contribution in [1.82, 2.24) is 10.3 Å². The van der Waals surface area contributed by atoms with Gasteiger partial charge in [-0.1, -0.05) is 0 Å². The summed E-state index contributed by atoms with van der Waals surface area (Å²) in [6.45, 7) is 0.267. The Morgan fingerprint density at radius 2 is 2.23 bits per heavy atom. The van der Waals surface area contributed by atoms with Crippen LogP contribution in [0.3, 0.4) is 0 Å². The summed E-state index contributed by atoms with van der Waals surface area (Å²) in [7, 11) is 0.363. The summed E-state index contributed by atoms with van der Waals surface area (Å²) < 4.78 is 24.9. The molecule has 2 amide bonds. The van der Waals surface area contributed by atoms with E-state index in [1.54, 1.807) is 7.05 Å². The first-order valence-electron chi connectivity index (χ1n) is 6.29. The Hall–Kier alpha value is -2.00. The zero-order chi connectivity index (χ0) is 16.1. The Bertz CT molecular complexity index is 705. The number of carbonyl (C=O) groups is 1. The number of carbonyl (C=O) groups excluding carboxylic acids is 1. The number of hydrogen-bond donors (Lipinski definition) is 3. The van der Waals surface area contributed by atoms with Crippen molar-refractivity contribution in [1.29, 1.82) is 0 Å². The van der Waals surface area contributed by atoms with Crippen LogP contribution < -0.4 is 16.0 Å². The average molecular weight is 342 g/mol. The van der Waals surface area contributed by atoms with E-state index in [0.717, 1.165) is 16.9 Å². The SMILES string of the molecule is CNc1nc(CNC(=O)Nc2ccc(S(C)=O)c(F)c2)cs1. The highest BCUT2D eigenvalue weighted by Gasteiger charge is 2.09. The summed E-state index contributed by atoms with van der Waals surface area (Å²) in [6, 6.07) is 3.56. The lowest BCUT2D eigenvalue weighted by Crippen LogP contribution is -2.28. The minimum absolute atomic E-state index is 0.105. The number of amides is 2. The summed E-state index contributed by atoms with van der Waals surface area (Å²) in [4.78, 5) is 16.1. The van der Waals surface area contributed by atoms with Crippen molar-refractivity contribution in [2.24, 2.45) is 0 Å². The van der Waals surface area contributed by atoms with Gasteiger partial charge in [-0.2, -0.15) is 0 Å². The predicted molar refractivity (Wildman–Crippen MR) is 86.3 cm³/mol. The van der Waals surface area contributed by atoms with E-state index in [4.69, 9.17) is 0 Å². The predicted octanol–water partition coefficient (Wildman–Crippen LogP) is 2.38. The monoisotopic (exact) mass is 342 g/mol. The van der Waals surface area contributed by atoms with Gasteiger partial charge in [0.25, 0.3) is 0 Å². The fourth-order valence-electron chi connectivity index (χ4n) is 1.66. The second-order valence-corrected chi connectivity index (χ2v) is 6.51. The first-order chi connectivity index (χ1) is 10.5. The van der Waals surface area contributed by atoms with Crippen LogP contribution >= 0.6 is 11.3 Å². The molecule has 0 fully saturated rings. The summed E-state index contributed by atoms with van der Waals surface area (Å²) in [5, 5.41) is 10.6. The fourth-order valence-corrected chi connectivity index (χ4v) is 2.93. The second-order valence-electron chi connectivity index (χ2n) is 4.30. The normalized spacial score (nSPS) is 11.8. The van der Waals surface area contributed by atoms with Crippen LogP contribution in [0.15, 0.2) is 28.5 Å². The molecule has 1 aromatic carbocycles. The van der Waals surface area contributed by atoms with Crippen molar-refractivity contribution in [3.8, 4) is 0 Å². The molecule has 0 aliphatic heterocycles. The molecule has 0 spiro atoms. The van der Waals surface area contributed by atoms with E-state index in [2.05, 4.69) is 20.9 Å². The Morgan fingerprint density at radius 1 is 1.45 bits per heavy atom. The maximum Gasteiger partial charge on any atom is 0.319 e. The fraction of sp³-hybridized carbons (Fsp3) is 0.231. The summed E-state index contributed by atoms with van der Waals surface area (Å²) >= 11 is 1.44. The Balaban J connectivity index is 1.91. The number of halogens is 1. The van der Waals surface area contributed by atoms with Gasteiger partial charge in [0.2, 0.25) is 0 Å². The molecule has 1 aromatic heterocycles. The number of hydrogen-bond acceptors (Lipinski definition) is 5. The maximum absolute atomic E-state index is 13.7. The summed E-state index contributed by atoms with van der Waals surface area (Å²) in [5.41, 5.74) is 1.02. The Labute approximate surface area is 133 Å². The van der Waals surface area contributed by atoms with Gasteiger partial charge in [-0.25, -0.2) is 14.2 Å². The smallest absolute Gasteiger partial charge is 0.319 e. The van der Waals surface area contributed by atoms with Crippen LogP contribution in [-0.4, -0.2) is 28.5 Å². The third-order valence-corrected chi connectivity index (χ3v) is 4.55. The maximum atomic E-state index is 13.7. The minimum atomic E-state index is -1.40. The van der Waals surface area contributed by atoms with Crippen LogP contribution in [0.2, 0.25) is 0 Å². The van der Waals surface area contributed by atoms with Gasteiger partial charge in [-0.15, -0.1) is 11.3 Å². The molecule has 0 saturated heterocycles. The standard InChI is InChI=1S/C13H15FN4O2S2/c1-15-13-18-9(7-21-13)6-16-12(19)17-8-3-4-11(22(2)20)10(14)5-8/h3-5,7H,6H2,1-2H3,(H,15,18)(H2,16,17,19). The van der Waals surface area contributed by atoms with Crippen molar-refractivity contribution in [3.05, 3.63) is 35.1 Å². The van der Waals surface area contributed by atoms with Crippen LogP contribution in [0.4, 0.5) is 20.0 Å². The lowest BCUT2D eigenvalue weighted by molar-refractivity contribution is 0.251. The van der Waals surface area contributed by atoms with Gasteiger partial charge in [0.05, 0.1) is 27.9 Å². The topological polar surface area (TPSA) is 83.1 Å². The lowest BCUT2D eigenvalue weighted by atomic mass is 10.3. The Kier molecular flexibility index (Phi) is 5.45. The van der Waals surface area contributed by atoms with Crippen molar-refractivity contribution in [3.63, 3.8) is 0 Å². The Morgan fingerprint density at radius 3 is 2.82 bits per heavy atom. The van der Waals surface area contributed by atoms with Gasteiger partial charge in [0, 0.05) is 24.4 Å². The molecule has 6 nitrogen and oxygen atoms in total. The molecule has 1 heterocycles. The van der Waals surface area contributed by atoms with Gasteiger partial charge >= 0.3 is 6.03 Å². The number of nitrogens with zero attached hydrogens (tertiary/aromatic N) is 1. The zero-order valence-electron chi connectivity index (χ0n) is 12.0. The number of urea groups is 1. The van der Waals surface area contributed by atoms with E-state index >= 15 is 0 Å². The lowest BCUT2D eigenvalue weighted by Gasteiger charge is -2.08. The molecule has 2 rings (SSSR count). The van der Waals surface area contributed by atoms with E-state index in [0.29, 0.717) is 5.69 Å². The van der Waals surface area contributed by atoms with Gasteiger partial charge in [0.15, 0.2) is 5.13 Å². The molecule has 1 atom stereocenters. The first-order valence-corrected chi connectivity index (χ1v) is 8.73. The van der Waals surface area contributed by atoms with Gasteiger partial charge < -0.3 is 16.0 Å². The molecule has 22 heavy (non-hydrogen) atoms. The molecule has 0 bridgehead atoms. The van der Waals surface area contributed by atoms with Crippen molar-refractivity contribution >= 4 is 39.0 Å². The summed E-state index contributed by atoms with van der Waals surface area (Å²) in [6.07, 6.45) is 1.39. The molecule has 0 radical (unpaired) electrons. The van der Waals surface area contributed by atoms with Crippen LogP contribution in [-0.2, 0) is 17.3 Å². The van der Waals surface area contributed by atoms with Crippen LogP contribution in [0.25, 0.3) is 0 Å². The molecule has 2 aromatic rings. The third-order valence-electron chi connectivity index (χ3n) is 2.70. The van der Waals surface area contributed by atoms with Crippen molar-refractivity contribution in [2.45, 2.75) is 11.4 Å². The minimum Gasteiger partial charge on any atom is -0.365 e. The van der Waals surface area contributed by atoms with Crippen LogP contribution in [0, 0.1) is 5.82 Å². The molecular weight excluding hydrogens is 327 g/mol. The van der Waals surface area contributed by atoms with Gasteiger partial charge in [-0.05, 0) is 18.2 Å². The summed E-state index contributed by atoms with van der Waals surface area (Å²) in [5.74, 6) is -0.614. The van der Waals surface area contributed by atoms with Crippen molar-refractivity contribution < 1.29 is 13.4 Å². The average Bonchev–Trinajstić information content (AvgIpc) is 2.93. The van der Waals surface area contributed by atoms with E-state index in [-0.39, 0.29) is 11.4 Å². The second kappa shape index (κ2) is 7.32. The molecule has 118 valence electrons. The number of aromatic nitrogens is 1.